The second-order valence-electron chi connectivity index (χ2n) is 4.29. The number of carbonyl (C=O) groups is 1. The minimum atomic E-state index is -1.04. The van der Waals surface area contributed by atoms with Gasteiger partial charge in [0.05, 0.1) is 11.1 Å². The zero-order valence-corrected chi connectivity index (χ0v) is 10.9. The van der Waals surface area contributed by atoms with Crippen LogP contribution in [0, 0.1) is 17.0 Å². The number of hydrogen-bond acceptors (Lipinski definition) is 2. The minimum Gasteiger partial charge on any atom is -0.481 e. The number of hydrogen-bond donors (Lipinski definition) is 2. The molecule has 3 nitrogen and oxygen atoms in total. The predicted molar refractivity (Wildman–Crippen MR) is 64.0 cm³/mol. The predicted octanol–water partition coefficient (Wildman–Crippen LogP) is 3.25. The summed E-state index contributed by atoms with van der Waals surface area (Å²) in [5, 5.41) is 11.6. The second-order valence-corrected chi connectivity index (χ2v) is 5.14. The first-order chi connectivity index (χ1) is 7.74. The molecule has 0 heterocycles. The van der Waals surface area contributed by atoms with Crippen molar-refractivity contribution in [3.8, 4) is 0 Å². The average molecular weight is 308 g/mol. The Kier molecular flexibility index (Phi) is 4.08. The van der Waals surface area contributed by atoms with Gasteiger partial charge in [-0.3, -0.25) is 4.79 Å². The molecule has 1 aromatic carbocycles. The van der Waals surface area contributed by atoms with Gasteiger partial charge in [0.2, 0.25) is 0 Å². The number of rotatable bonds is 4. The standard InChI is InChI=1S/C11H12BrF2NO2/c1-11(2,10(16)17)5-15-9-7(12)3-6(13)4-8(9)14/h3-4,15H,5H2,1-2H3,(H,16,17). The lowest BCUT2D eigenvalue weighted by Crippen LogP contribution is -2.32. The molecule has 1 aromatic rings. The lowest BCUT2D eigenvalue weighted by atomic mass is 9.94. The Morgan fingerprint density at radius 2 is 2.06 bits per heavy atom. The fourth-order valence-corrected chi connectivity index (χ4v) is 1.64. The van der Waals surface area contributed by atoms with E-state index in [-0.39, 0.29) is 16.7 Å². The number of nitrogens with one attached hydrogen (secondary N) is 1. The quantitative estimate of drug-likeness (QED) is 0.897. The highest BCUT2D eigenvalue weighted by atomic mass is 79.9. The fraction of sp³-hybridized carbons (Fsp3) is 0.364. The van der Waals surface area contributed by atoms with Crippen LogP contribution >= 0.6 is 15.9 Å². The third-order valence-corrected chi connectivity index (χ3v) is 2.92. The molecule has 6 heteroatoms. The molecule has 0 aliphatic heterocycles. The smallest absolute Gasteiger partial charge is 0.310 e. The molecule has 2 N–H and O–H groups in total. The first kappa shape index (κ1) is 13.9. The summed E-state index contributed by atoms with van der Waals surface area (Å²) in [5.74, 6) is -2.46. The third-order valence-electron chi connectivity index (χ3n) is 2.29. The van der Waals surface area contributed by atoms with Crippen molar-refractivity contribution in [1.82, 2.24) is 0 Å². The molecule has 0 unspecified atom stereocenters. The molecule has 0 amide bonds. The van der Waals surface area contributed by atoms with Crippen LogP contribution in [0.25, 0.3) is 0 Å². The normalized spacial score (nSPS) is 11.4. The zero-order valence-electron chi connectivity index (χ0n) is 9.35. The van der Waals surface area contributed by atoms with Crippen molar-refractivity contribution in [1.29, 1.82) is 0 Å². The summed E-state index contributed by atoms with van der Waals surface area (Å²) < 4.78 is 26.4. The molecule has 94 valence electrons. The van der Waals surface area contributed by atoms with E-state index in [4.69, 9.17) is 5.11 Å². The SMILES string of the molecule is CC(C)(CNc1c(F)cc(F)cc1Br)C(=O)O. The monoisotopic (exact) mass is 307 g/mol. The van der Waals surface area contributed by atoms with E-state index in [2.05, 4.69) is 21.2 Å². The number of halogens is 3. The van der Waals surface area contributed by atoms with E-state index in [9.17, 15) is 13.6 Å². The van der Waals surface area contributed by atoms with Crippen LogP contribution in [-0.2, 0) is 4.79 Å². The summed E-state index contributed by atoms with van der Waals surface area (Å²) >= 11 is 3.01. The van der Waals surface area contributed by atoms with E-state index in [1.54, 1.807) is 0 Å². The number of carboxylic acids is 1. The van der Waals surface area contributed by atoms with Gasteiger partial charge in [0, 0.05) is 17.1 Å². The molecule has 0 bridgehead atoms. The Bertz CT molecular complexity index is 426. The molecule has 0 aliphatic carbocycles. The van der Waals surface area contributed by atoms with Crippen molar-refractivity contribution in [2.45, 2.75) is 13.8 Å². The van der Waals surface area contributed by atoms with Gasteiger partial charge in [-0.25, -0.2) is 8.78 Å². The van der Waals surface area contributed by atoms with E-state index in [1.807, 2.05) is 0 Å². The van der Waals surface area contributed by atoms with Crippen molar-refractivity contribution in [3.05, 3.63) is 28.2 Å². The highest BCUT2D eigenvalue weighted by Gasteiger charge is 2.27. The van der Waals surface area contributed by atoms with E-state index < -0.39 is 23.0 Å². The lowest BCUT2D eigenvalue weighted by Gasteiger charge is -2.21. The molecular formula is C11H12BrF2NO2. The maximum atomic E-state index is 13.4. The Morgan fingerprint density at radius 3 is 2.53 bits per heavy atom. The first-order valence-electron chi connectivity index (χ1n) is 4.86. The van der Waals surface area contributed by atoms with Gasteiger partial charge in [-0.1, -0.05) is 0 Å². The summed E-state index contributed by atoms with van der Waals surface area (Å²) in [7, 11) is 0. The van der Waals surface area contributed by atoms with Crippen molar-refractivity contribution in [2.75, 3.05) is 11.9 Å². The molecule has 0 aromatic heterocycles. The Balaban J connectivity index is 2.87. The summed E-state index contributed by atoms with van der Waals surface area (Å²) in [6, 6.07) is 1.85. The lowest BCUT2D eigenvalue weighted by molar-refractivity contribution is -0.146. The average Bonchev–Trinajstić information content (AvgIpc) is 2.15. The van der Waals surface area contributed by atoms with Crippen LogP contribution < -0.4 is 5.32 Å². The summed E-state index contributed by atoms with van der Waals surface area (Å²) in [6.45, 7) is 3.05. The van der Waals surface area contributed by atoms with E-state index >= 15 is 0 Å². The minimum absolute atomic E-state index is 0.0312. The van der Waals surface area contributed by atoms with E-state index in [0.717, 1.165) is 12.1 Å². The largest absolute Gasteiger partial charge is 0.481 e. The van der Waals surface area contributed by atoms with Gasteiger partial charge in [0.15, 0.2) is 0 Å². The Hall–Kier alpha value is -1.17. The van der Waals surface area contributed by atoms with Crippen LogP contribution in [0.5, 0.6) is 0 Å². The molecule has 17 heavy (non-hydrogen) atoms. The van der Waals surface area contributed by atoms with Crippen LogP contribution in [-0.4, -0.2) is 17.6 Å². The van der Waals surface area contributed by atoms with Crippen LogP contribution in [0.2, 0.25) is 0 Å². The second kappa shape index (κ2) is 5.00. The van der Waals surface area contributed by atoms with Gasteiger partial charge in [0.25, 0.3) is 0 Å². The highest BCUT2D eigenvalue weighted by Crippen LogP contribution is 2.28. The van der Waals surface area contributed by atoms with Crippen LogP contribution in [0.3, 0.4) is 0 Å². The van der Waals surface area contributed by atoms with Gasteiger partial charge in [-0.05, 0) is 35.8 Å². The van der Waals surface area contributed by atoms with Crippen LogP contribution in [0.4, 0.5) is 14.5 Å². The van der Waals surface area contributed by atoms with Gasteiger partial charge in [-0.2, -0.15) is 0 Å². The maximum Gasteiger partial charge on any atom is 0.310 e. The third kappa shape index (κ3) is 3.39. The van der Waals surface area contributed by atoms with Gasteiger partial charge in [-0.15, -0.1) is 0 Å². The van der Waals surface area contributed by atoms with Crippen LogP contribution in [0.1, 0.15) is 13.8 Å². The molecule has 0 saturated heterocycles. The van der Waals surface area contributed by atoms with Crippen LogP contribution in [0.15, 0.2) is 16.6 Å². The number of aliphatic carboxylic acids is 1. The zero-order chi connectivity index (χ0) is 13.2. The van der Waals surface area contributed by atoms with Gasteiger partial charge < -0.3 is 10.4 Å². The first-order valence-corrected chi connectivity index (χ1v) is 5.65. The number of benzene rings is 1. The van der Waals surface area contributed by atoms with Crippen molar-refractivity contribution >= 4 is 27.6 Å². The van der Waals surface area contributed by atoms with Gasteiger partial charge >= 0.3 is 5.97 Å². The summed E-state index contributed by atoms with van der Waals surface area (Å²) in [4.78, 5) is 10.9. The van der Waals surface area contributed by atoms with E-state index in [1.165, 1.54) is 13.8 Å². The molecule has 1 rings (SSSR count). The Labute approximate surface area is 106 Å². The van der Waals surface area contributed by atoms with Crippen molar-refractivity contribution < 1.29 is 18.7 Å². The fourth-order valence-electron chi connectivity index (χ4n) is 1.10. The topological polar surface area (TPSA) is 49.3 Å². The Morgan fingerprint density at radius 1 is 1.47 bits per heavy atom. The molecule has 0 atom stereocenters. The molecular weight excluding hydrogens is 296 g/mol. The van der Waals surface area contributed by atoms with Crippen molar-refractivity contribution in [2.24, 2.45) is 5.41 Å². The van der Waals surface area contributed by atoms with Gasteiger partial charge in [0.1, 0.15) is 11.6 Å². The van der Waals surface area contributed by atoms with Crippen molar-refractivity contribution in [3.63, 3.8) is 0 Å². The number of anilines is 1. The number of carboxylic acid groups (broad SMARTS) is 1. The molecule has 0 spiro atoms. The maximum absolute atomic E-state index is 13.4. The molecule has 0 fully saturated rings. The molecule has 0 radical (unpaired) electrons. The summed E-state index contributed by atoms with van der Waals surface area (Å²) in [6.07, 6.45) is 0. The summed E-state index contributed by atoms with van der Waals surface area (Å²) in [5.41, 5.74) is -0.985. The molecule has 0 saturated carbocycles. The van der Waals surface area contributed by atoms with E-state index in [0.29, 0.717) is 0 Å². The highest BCUT2D eigenvalue weighted by molar-refractivity contribution is 9.10. The molecule has 0 aliphatic rings.